The van der Waals surface area contributed by atoms with Crippen molar-refractivity contribution in [1.29, 1.82) is 0 Å². The summed E-state index contributed by atoms with van der Waals surface area (Å²) in [5, 5.41) is 0.265. The van der Waals surface area contributed by atoms with Crippen molar-refractivity contribution in [3.05, 3.63) is 16.5 Å². The van der Waals surface area contributed by atoms with Gasteiger partial charge in [0.25, 0.3) is 0 Å². The Morgan fingerprint density at radius 2 is 1.89 bits per heavy atom. The van der Waals surface area contributed by atoms with Crippen molar-refractivity contribution < 1.29 is 4.79 Å². The molecule has 1 aliphatic rings. The zero-order valence-corrected chi connectivity index (χ0v) is 11.4. The minimum Gasteiger partial charge on any atom is -0.356 e. The molecule has 4 nitrogen and oxygen atoms in total. The number of nitrogens with zero attached hydrogens (tertiary/aromatic N) is 3. The van der Waals surface area contributed by atoms with Crippen LogP contribution in [-0.2, 0) is 11.2 Å². The Balaban J connectivity index is 2.36. The van der Waals surface area contributed by atoms with Crippen molar-refractivity contribution in [2.45, 2.75) is 39.0 Å². The molecule has 0 atom stereocenters. The first-order valence-corrected chi connectivity index (χ1v) is 6.81. The summed E-state index contributed by atoms with van der Waals surface area (Å²) in [5.74, 6) is 0.849. The average molecular weight is 268 g/mol. The number of hydrogen-bond donors (Lipinski definition) is 0. The van der Waals surface area contributed by atoms with Gasteiger partial charge >= 0.3 is 0 Å². The van der Waals surface area contributed by atoms with Crippen LogP contribution < -0.4 is 4.90 Å². The number of anilines is 1. The fraction of sp³-hybridized carbons (Fsp3) is 0.615. The Kier molecular flexibility index (Phi) is 4.53. The average Bonchev–Trinajstić information content (AvgIpc) is 2.61. The van der Waals surface area contributed by atoms with Crippen LogP contribution in [0.1, 0.15) is 36.9 Å². The number of rotatable bonds is 3. The summed E-state index contributed by atoms with van der Waals surface area (Å²) in [4.78, 5) is 21.5. The van der Waals surface area contributed by atoms with Crippen molar-refractivity contribution in [1.82, 2.24) is 9.97 Å². The number of hydrogen-bond acceptors (Lipinski definition) is 4. The van der Waals surface area contributed by atoms with Gasteiger partial charge < -0.3 is 9.69 Å². The molecule has 0 aliphatic carbocycles. The molecule has 1 aromatic rings. The van der Waals surface area contributed by atoms with E-state index in [1.54, 1.807) is 0 Å². The van der Waals surface area contributed by atoms with E-state index in [-0.39, 0.29) is 5.28 Å². The van der Waals surface area contributed by atoms with E-state index < -0.39 is 0 Å². The molecule has 1 fully saturated rings. The van der Waals surface area contributed by atoms with E-state index in [4.69, 9.17) is 11.6 Å². The molecule has 0 bridgehead atoms. The van der Waals surface area contributed by atoms with E-state index >= 15 is 0 Å². The van der Waals surface area contributed by atoms with Crippen LogP contribution in [0.3, 0.4) is 0 Å². The van der Waals surface area contributed by atoms with Gasteiger partial charge in [-0.25, -0.2) is 9.97 Å². The van der Waals surface area contributed by atoms with Gasteiger partial charge in [-0.05, 0) is 31.4 Å². The van der Waals surface area contributed by atoms with Gasteiger partial charge in [0.05, 0.1) is 0 Å². The minimum absolute atomic E-state index is 0.265. The van der Waals surface area contributed by atoms with E-state index in [0.29, 0.717) is 6.42 Å². The summed E-state index contributed by atoms with van der Waals surface area (Å²) >= 11 is 5.95. The quantitative estimate of drug-likeness (QED) is 0.624. The topological polar surface area (TPSA) is 46.1 Å². The van der Waals surface area contributed by atoms with Gasteiger partial charge in [0.2, 0.25) is 5.28 Å². The Morgan fingerprint density at radius 1 is 1.22 bits per heavy atom. The SMILES string of the molecule is Cc1nc(Cl)nc(N2CCCCCC2)c1CC=O. The summed E-state index contributed by atoms with van der Waals surface area (Å²) in [5.41, 5.74) is 1.72. The number of aromatic nitrogens is 2. The number of carbonyl (C=O) groups excluding carboxylic acids is 1. The first kappa shape index (κ1) is 13.3. The van der Waals surface area contributed by atoms with Crippen LogP contribution in [0.15, 0.2) is 0 Å². The highest BCUT2D eigenvalue weighted by molar-refractivity contribution is 6.28. The van der Waals surface area contributed by atoms with E-state index in [9.17, 15) is 4.79 Å². The van der Waals surface area contributed by atoms with Gasteiger partial charge in [-0.2, -0.15) is 0 Å². The molecule has 98 valence electrons. The van der Waals surface area contributed by atoms with E-state index in [0.717, 1.165) is 36.5 Å². The summed E-state index contributed by atoms with van der Waals surface area (Å²) < 4.78 is 0. The highest BCUT2D eigenvalue weighted by Crippen LogP contribution is 2.25. The molecule has 0 radical (unpaired) electrons. The Hall–Kier alpha value is -1.16. The number of aldehydes is 1. The van der Waals surface area contributed by atoms with Crippen molar-refractivity contribution >= 4 is 23.7 Å². The van der Waals surface area contributed by atoms with Crippen molar-refractivity contribution in [2.75, 3.05) is 18.0 Å². The second-order valence-electron chi connectivity index (χ2n) is 4.65. The van der Waals surface area contributed by atoms with Gasteiger partial charge in [-0.3, -0.25) is 0 Å². The molecule has 0 N–H and O–H groups in total. The largest absolute Gasteiger partial charge is 0.356 e. The van der Waals surface area contributed by atoms with Crippen LogP contribution >= 0.6 is 11.6 Å². The molecule has 5 heteroatoms. The summed E-state index contributed by atoms with van der Waals surface area (Å²) in [6, 6.07) is 0. The lowest BCUT2D eigenvalue weighted by molar-refractivity contribution is -0.107. The maximum atomic E-state index is 10.8. The molecular formula is C13H18ClN3O. The predicted molar refractivity (Wildman–Crippen MR) is 72.2 cm³/mol. The van der Waals surface area contributed by atoms with Crippen molar-refractivity contribution in [3.63, 3.8) is 0 Å². The van der Waals surface area contributed by atoms with Crippen LogP contribution in [0.4, 0.5) is 5.82 Å². The minimum atomic E-state index is 0.265. The van der Waals surface area contributed by atoms with Crippen LogP contribution in [0.5, 0.6) is 0 Å². The standard InChI is InChI=1S/C13H18ClN3O/c1-10-11(6-9-18)12(16-13(14)15-10)17-7-4-2-3-5-8-17/h9H,2-8H2,1H3. The van der Waals surface area contributed by atoms with E-state index in [1.807, 2.05) is 6.92 Å². The van der Waals surface area contributed by atoms with Gasteiger partial charge in [-0.1, -0.05) is 12.8 Å². The first-order valence-electron chi connectivity index (χ1n) is 6.44. The van der Waals surface area contributed by atoms with Gasteiger partial charge in [0, 0.05) is 30.8 Å². The number of carbonyl (C=O) groups is 1. The Morgan fingerprint density at radius 3 is 2.50 bits per heavy atom. The predicted octanol–water partition coefficient (Wildman–Crippen LogP) is 2.56. The summed E-state index contributed by atoms with van der Waals surface area (Å²) in [7, 11) is 0. The molecule has 0 amide bonds. The molecule has 1 aliphatic heterocycles. The Labute approximate surface area is 112 Å². The van der Waals surface area contributed by atoms with Gasteiger partial charge in [-0.15, -0.1) is 0 Å². The monoisotopic (exact) mass is 267 g/mol. The van der Waals surface area contributed by atoms with Crippen LogP contribution in [0.2, 0.25) is 5.28 Å². The molecule has 0 saturated carbocycles. The molecule has 2 heterocycles. The molecule has 0 spiro atoms. The third kappa shape index (κ3) is 2.99. The van der Waals surface area contributed by atoms with E-state index in [2.05, 4.69) is 14.9 Å². The molecule has 1 aromatic heterocycles. The molecule has 0 aromatic carbocycles. The summed E-state index contributed by atoms with van der Waals surface area (Å²) in [6.07, 6.45) is 6.12. The lowest BCUT2D eigenvalue weighted by Crippen LogP contribution is -2.27. The van der Waals surface area contributed by atoms with Crippen LogP contribution in [0.25, 0.3) is 0 Å². The third-order valence-corrected chi connectivity index (χ3v) is 3.53. The lowest BCUT2D eigenvalue weighted by atomic mass is 10.1. The number of halogens is 1. The van der Waals surface area contributed by atoms with Gasteiger partial charge in [0.15, 0.2) is 0 Å². The van der Waals surface area contributed by atoms with Crippen molar-refractivity contribution in [3.8, 4) is 0 Å². The summed E-state index contributed by atoms with van der Waals surface area (Å²) in [6.45, 7) is 3.85. The molecule has 1 saturated heterocycles. The molecule has 0 unspecified atom stereocenters. The fourth-order valence-corrected chi connectivity index (χ4v) is 2.62. The van der Waals surface area contributed by atoms with Gasteiger partial charge in [0.1, 0.15) is 12.1 Å². The third-order valence-electron chi connectivity index (χ3n) is 3.36. The second kappa shape index (κ2) is 6.14. The number of aryl methyl sites for hydroxylation is 1. The van der Waals surface area contributed by atoms with Crippen molar-refractivity contribution in [2.24, 2.45) is 0 Å². The first-order chi connectivity index (χ1) is 8.72. The molecule has 2 rings (SSSR count). The highest BCUT2D eigenvalue weighted by Gasteiger charge is 2.18. The zero-order valence-electron chi connectivity index (χ0n) is 10.7. The zero-order chi connectivity index (χ0) is 13.0. The Bertz CT molecular complexity index is 428. The maximum Gasteiger partial charge on any atom is 0.224 e. The normalized spacial score (nSPS) is 16.4. The lowest BCUT2D eigenvalue weighted by Gasteiger charge is -2.24. The molecule has 18 heavy (non-hydrogen) atoms. The smallest absolute Gasteiger partial charge is 0.224 e. The van der Waals surface area contributed by atoms with Crippen LogP contribution in [0, 0.1) is 6.92 Å². The molecular weight excluding hydrogens is 250 g/mol. The van der Waals surface area contributed by atoms with E-state index in [1.165, 1.54) is 25.7 Å². The fourth-order valence-electron chi connectivity index (χ4n) is 2.41. The van der Waals surface area contributed by atoms with Crippen LogP contribution in [-0.4, -0.2) is 29.3 Å². The maximum absolute atomic E-state index is 10.8. The highest BCUT2D eigenvalue weighted by atomic mass is 35.5. The second-order valence-corrected chi connectivity index (χ2v) is 4.99.